The molecule has 1 amide bonds. The Balaban J connectivity index is 2.65. The molecule has 3 heteroatoms. The molecule has 0 aromatic carbocycles. The van der Waals surface area contributed by atoms with Crippen LogP contribution in [0.15, 0.2) is 0 Å². The van der Waals surface area contributed by atoms with Crippen LogP contribution in [0, 0.1) is 29.1 Å². The number of rotatable bonds is 3. The minimum Gasteiger partial charge on any atom is -0.342 e. The van der Waals surface area contributed by atoms with Crippen LogP contribution in [0.2, 0.25) is 0 Å². The third-order valence-electron chi connectivity index (χ3n) is 3.88. The van der Waals surface area contributed by atoms with E-state index in [9.17, 15) is 4.79 Å². The first-order valence-electron chi connectivity index (χ1n) is 6.63. The first-order valence-corrected chi connectivity index (χ1v) is 6.63. The van der Waals surface area contributed by atoms with Crippen LogP contribution < -0.4 is 0 Å². The van der Waals surface area contributed by atoms with Gasteiger partial charge in [-0.05, 0) is 24.7 Å². The van der Waals surface area contributed by atoms with Gasteiger partial charge in [0.15, 0.2) is 0 Å². The van der Waals surface area contributed by atoms with Crippen molar-refractivity contribution in [2.45, 2.75) is 52.5 Å². The second-order valence-corrected chi connectivity index (χ2v) is 5.73. The standard InChI is InChI=1S/C14H24N2O/c1-10(2)13(9-15)14(17)16(4)12-7-5-6-11(3)8-12/h10-13H,5-8H2,1-4H3. The van der Waals surface area contributed by atoms with Crippen LogP contribution in [0.3, 0.4) is 0 Å². The molecule has 1 aliphatic carbocycles. The van der Waals surface area contributed by atoms with Crippen LogP contribution in [-0.2, 0) is 4.79 Å². The normalized spacial score (nSPS) is 26.4. The molecular formula is C14H24N2O. The Hall–Kier alpha value is -1.04. The second-order valence-electron chi connectivity index (χ2n) is 5.73. The van der Waals surface area contributed by atoms with Gasteiger partial charge in [-0.2, -0.15) is 5.26 Å². The summed E-state index contributed by atoms with van der Waals surface area (Å²) in [4.78, 5) is 14.0. The van der Waals surface area contributed by atoms with Gasteiger partial charge >= 0.3 is 0 Å². The Bertz CT molecular complexity index is 306. The minimum absolute atomic E-state index is 0.00148. The van der Waals surface area contributed by atoms with E-state index in [1.165, 1.54) is 12.8 Å². The lowest BCUT2D eigenvalue weighted by Crippen LogP contribution is -2.43. The fourth-order valence-electron chi connectivity index (χ4n) is 2.64. The monoisotopic (exact) mass is 236 g/mol. The number of amides is 1. The smallest absolute Gasteiger partial charge is 0.240 e. The summed E-state index contributed by atoms with van der Waals surface area (Å²) in [6.45, 7) is 6.11. The third kappa shape index (κ3) is 3.46. The van der Waals surface area contributed by atoms with E-state index >= 15 is 0 Å². The van der Waals surface area contributed by atoms with Gasteiger partial charge in [0.05, 0.1) is 6.07 Å². The van der Waals surface area contributed by atoms with Gasteiger partial charge in [-0.3, -0.25) is 4.79 Å². The zero-order chi connectivity index (χ0) is 13.0. The SMILES string of the molecule is CC1CCCC(N(C)C(=O)C(C#N)C(C)C)C1. The topological polar surface area (TPSA) is 44.1 Å². The number of nitrogens with zero attached hydrogens (tertiary/aromatic N) is 2. The summed E-state index contributed by atoms with van der Waals surface area (Å²) in [5.74, 6) is 0.304. The predicted octanol–water partition coefficient (Wildman–Crippen LogP) is 2.82. The maximum absolute atomic E-state index is 12.2. The van der Waals surface area contributed by atoms with Gasteiger partial charge < -0.3 is 4.90 Å². The van der Waals surface area contributed by atoms with E-state index in [4.69, 9.17) is 5.26 Å². The number of hydrogen-bond donors (Lipinski definition) is 0. The van der Waals surface area contributed by atoms with E-state index in [1.54, 1.807) is 0 Å². The number of hydrogen-bond acceptors (Lipinski definition) is 2. The van der Waals surface area contributed by atoms with Crippen molar-refractivity contribution in [1.82, 2.24) is 4.90 Å². The van der Waals surface area contributed by atoms with E-state index in [0.29, 0.717) is 12.0 Å². The van der Waals surface area contributed by atoms with Crippen molar-refractivity contribution in [2.24, 2.45) is 17.8 Å². The molecule has 0 bridgehead atoms. The van der Waals surface area contributed by atoms with Gasteiger partial charge in [-0.1, -0.05) is 33.6 Å². The Labute approximate surface area is 105 Å². The van der Waals surface area contributed by atoms with Gasteiger partial charge in [0.25, 0.3) is 0 Å². The zero-order valence-corrected chi connectivity index (χ0v) is 11.4. The fourth-order valence-corrected chi connectivity index (χ4v) is 2.64. The average Bonchev–Trinajstić information content (AvgIpc) is 2.28. The van der Waals surface area contributed by atoms with Crippen molar-refractivity contribution in [3.05, 3.63) is 0 Å². The molecule has 0 radical (unpaired) electrons. The summed E-state index contributed by atoms with van der Waals surface area (Å²) in [5, 5.41) is 9.07. The quantitative estimate of drug-likeness (QED) is 0.756. The van der Waals surface area contributed by atoms with Crippen LogP contribution in [0.5, 0.6) is 0 Å². The van der Waals surface area contributed by atoms with Crippen molar-refractivity contribution in [3.8, 4) is 6.07 Å². The van der Waals surface area contributed by atoms with Gasteiger partial charge in [-0.25, -0.2) is 0 Å². The zero-order valence-electron chi connectivity index (χ0n) is 11.4. The summed E-state index contributed by atoms with van der Waals surface area (Å²) in [7, 11) is 1.86. The molecule has 1 fully saturated rings. The Kier molecular flexibility index (Phi) is 4.99. The molecule has 0 aliphatic heterocycles. The lowest BCUT2D eigenvalue weighted by atomic mass is 9.85. The number of carbonyl (C=O) groups excluding carboxylic acids is 1. The molecule has 3 atom stereocenters. The second kappa shape index (κ2) is 6.05. The highest BCUT2D eigenvalue weighted by Gasteiger charge is 2.31. The van der Waals surface area contributed by atoms with E-state index in [-0.39, 0.29) is 11.8 Å². The molecule has 96 valence electrons. The largest absolute Gasteiger partial charge is 0.342 e. The van der Waals surface area contributed by atoms with Crippen LogP contribution in [-0.4, -0.2) is 23.9 Å². The maximum Gasteiger partial charge on any atom is 0.240 e. The highest BCUT2D eigenvalue weighted by Crippen LogP contribution is 2.28. The van der Waals surface area contributed by atoms with E-state index in [0.717, 1.165) is 12.8 Å². The van der Waals surface area contributed by atoms with Crippen LogP contribution in [0.25, 0.3) is 0 Å². The Morgan fingerprint density at radius 1 is 1.41 bits per heavy atom. The summed E-state index contributed by atoms with van der Waals surface area (Å²) < 4.78 is 0. The highest BCUT2D eigenvalue weighted by molar-refractivity contribution is 5.81. The molecule has 1 rings (SSSR count). The molecule has 0 heterocycles. The molecule has 0 spiro atoms. The third-order valence-corrected chi connectivity index (χ3v) is 3.88. The first kappa shape index (κ1) is 14.0. The number of carbonyl (C=O) groups is 1. The number of nitriles is 1. The average molecular weight is 236 g/mol. The summed E-state index contributed by atoms with van der Waals surface area (Å²) in [6, 6.07) is 2.48. The van der Waals surface area contributed by atoms with E-state index < -0.39 is 5.92 Å². The Morgan fingerprint density at radius 2 is 2.06 bits per heavy atom. The fraction of sp³-hybridized carbons (Fsp3) is 0.857. The van der Waals surface area contributed by atoms with Crippen molar-refractivity contribution >= 4 is 5.91 Å². The molecule has 3 unspecified atom stereocenters. The lowest BCUT2D eigenvalue weighted by Gasteiger charge is -2.35. The Morgan fingerprint density at radius 3 is 2.53 bits per heavy atom. The van der Waals surface area contributed by atoms with Crippen LogP contribution in [0.1, 0.15) is 46.5 Å². The van der Waals surface area contributed by atoms with Crippen molar-refractivity contribution in [3.63, 3.8) is 0 Å². The molecule has 1 aliphatic rings. The van der Waals surface area contributed by atoms with Crippen molar-refractivity contribution in [2.75, 3.05) is 7.05 Å². The molecule has 0 aromatic rings. The van der Waals surface area contributed by atoms with Crippen LogP contribution >= 0.6 is 0 Å². The molecule has 3 nitrogen and oxygen atoms in total. The summed E-state index contributed by atoms with van der Waals surface area (Å²) >= 11 is 0. The highest BCUT2D eigenvalue weighted by atomic mass is 16.2. The molecule has 0 aromatic heterocycles. The van der Waals surface area contributed by atoms with Crippen molar-refractivity contribution in [1.29, 1.82) is 5.26 Å². The van der Waals surface area contributed by atoms with Gasteiger partial charge in [0, 0.05) is 13.1 Å². The first-order chi connectivity index (χ1) is 7.97. The van der Waals surface area contributed by atoms with Crippen LogP contribution in [0.4, 0.5) is 0 Å². The lowest BCUT2D eigenvalue weighted by molar-refractivity contribution is -0.136. The van der Waals surface area contributed by atoms with Gasteiger partial charge in [-0.15, -0.1) is 0 Å². The predicted molar refractivity (Wildman–Crippen MR) is 68.1 cm³/mol. The minimum atomic E-state index is -0.489. The van der Waals surface area contributed by atoms with E-state index in [2.05, 4.69) is 13.0 Å². The molecule has 1 saturated carbocycles. The molecular weight excluding hydrogens is 212 g/mol. The van der Waals surface area contributed by atoms with E-state index in [1.807, 2.05) is 25.8 Å². The summed E-state index contributed by atoms with van der Waals surface area (Å²) in [5.41, 5.74) is 0. The van der Waals surface area contributed by atoms with Gasteiger partial charge in [0.2, 0.25) is 5.91 Å². The van der Waals surface area contributed by atoms with Crippen molar-refractivity contribution < 1.29 is 4.79 Å². The molecule has 17 heavy (non-hydrogen) atoms. The summed E-state index contributed by atoms with van der Waals surface area (Å²) in [6.07, 6.45) is 4.63. The maximum atomic E-state index is 12.2. The molecule has 0 saturated heterocycles. The van der Waals surface area contributed by atoms with Gasteiger partial charge in [0.1, 0.15) is 5.92 Å². The molecule has 0 N–H and O–H groups in total.